The lowest BCUT2D eigenvalue weighted by Crippen LogP contribution is -2.18. The summed E-state index contributed by atoms with van der Waals surface area (Å²) in [5.74, 6) is -0.221. The first-order chi connectivity index (χ1) is 8.66. The zero-order chi connectivity index (χ0) is 13.0. The highest BCUT2D eigenvalue weighted by atomic mass is 79.9. The summed E-state index contributed by atoms with van der Waals surface area (Å²) in [6.07, 6.45) is 0. The molecule has 1 unspecified atom stereocenters. The maximum Gasteiger partial charge on any atom is 0.124 e. The van der Waals surface area contributed by atoms with Crippen molar-refractivity contribution in [1.82, 2.24) is 5.32 Å². The van der Waals surface area contributed by atoms with Crippen LogP contribution in [0.1, 0.15) is 24.1 Å². The van der Waals surface area contributed by atoms with Crippen LogP contribution < -0.4 is 5.32 Å². The van der Waals surface area contributed by atoms with Crippen LogP contribution in [0.3, 0.4) is 0 Å². The smallest absolute Gasteiger partial charge is 0.124 e. The van der Waals surface area contributed by atoms with Gasteiger partial charge in [0.15, 0.2) is 0 Å². The van der Waals surface area contributed by atoms with Crippen LogP contribution in [0.5, 0.6) is 0 Å². The van der Waals surface area contributed by atoms with E-state index < -0.39 is 0 Å². The van der Waals surface area contributed by atoms with E-state index in [0.29, 0.717) is 0 Å². The van der Waals surface area contributed by atoms with Gasteiger partial charge in [-0.25, -0.2) is 4.39 Å². The van der Waals surface area contributed by atoms with Gasteiger partial charge in [0.2, 0.25) is 0 Å². The maximum atomic E-state index is 13.0. The molecule has 0 bridgehead atoms. The fourth-order valence-electron chi connectivity index (χ4n) is 1.83. The lowest BCUT2D eigenvalue weighted by Gasteiger charge is -2.16. The summed E-state index contributed by atoms with van der Waals surface area (Å²) >= 11 is 3.39. The molecule has 0 amide bonds. The monoisotopic (exact) mass is 307 g/mol. The molecule has 1 nitrogen and oxygen atoms in total. The van der Waals surface area contributed by atoms with Crippen LogP contribution in [0.25, 0.3) is 0 Å². The molecule has 0 spiro atoms. The highest BCUT2D eigenvalue weighted by molar-refractivity contribution is 9.10. The van der Waals surface area contributed by atoms with Gasteiger partial charge < -0.3 is 5.32 Å². The van der Waals surface area contributed by atoms with Gasteiger partial charge in [0.05, 0.1) is 0 Å². The van der Waals surface area contributed by atoms with Crippen molar-refractivity contribution in [2.24, 2.45) is 0 Å². The molecule has 1 atom stereocenters. The zero-order valence-corrected chi connectivity index (χ0v) is 11.7. The van der Waals surface area contributed by atoms with E-state index >= 15 is 0 Å². The molecule has 3 heteroatoms. The Morgan fingerprint density at radius 1 is 1.17 bits per heavy atom. The van der Waals surface area contributed by atoms with Crippen molar-refractivity contribution in [2.75, 3.05) is 0 Å². The standard InChI is InChI=1S/C15H15BrFN/c1-11(14-8-7-13(17)9-15(14)16)18-10-12-5-3-2-4-6-12/h2-9,11,18H,10H2,1H3. The van der Waals surface area contributed by atoms with E-state index in [1.54, 1.807) is 0 Å². The first-order valence-electron chi connectivity index (χ1n) is 5.89. The van der Waals surface area contributed by atoms with Crippen molar-refractivity contribution < 1.29 is 4.39 Å². The minimum Gasteiger partial charge on any atom is -0.306 e. The summed E-state index contributed by atoms with van der Waals surface area (Å²) in [6.45, 7) is 2.87. The van der Waals surface area contributed by atoms with Crippen LogP contribution in [0.2, 0.25) is 0 Å². The molecule has 0 saturated carbocycles. The van der Waals surface area contributed by atoms with Gasteiger partial charge in [-0.05, 0) is 30.2 Å². The van der Waals surface area contributed by atoms with Crippen molar-refractivity contribution >= 4 is 15.9 Å². The predicted octanol–water partition coefficient (Wildman–Crippen LogP) is 4.44. The van der Waals surface area contributed by atoms with Gasteiger partial charge in [-0.2, -0.15) is 0 Å². The quantitative estimate of drug-likeness (QED) is 0.880. The molecule has 1 N–H and O–H groups in total. The van der Waals surface area contributed by atoms with Crippen LogP contribution >= 0.6 is 15.9 Å². The molecule has 2 rings (SSSR count). The molecular weight excluding hydrogens is 293 g/mol. The lowest BCUT2D eigenvalue weighted by molar-refractivity contribution is 0.569. The van der Waals surface area contributed by atoms with E-state index in [9.17, 15) is 4.39 Å². The Balaban J connectivity index is 2.01. The van der Waals surface area contributed by atoms with Crippen molar-refractivity contribution in [1.29, 1.82) is 0 Å². The predicted molar refractivity (Wildman–Crippen MR) is 75.8 cm³/mol. The third kappa shape index (κ3) is 3.40. The number of rotatable bonds is 4. The highest BCUT2D eigenvalue weighted by Gasteiger charge is 2.09. The molecular formula is C15H15BrFN. The van der Waals surface area contributed by atoms with Gasteiger partial charge in [-0.3, -0.25) is 0 Å². The normalized spacial score (nSPS) is 12.4. The molecule has 0 aliphatic rings. The molecule has 0 aromatic heterocycles. The summed E-state index contributed by atoms with van der Waals surface area (Å²) in [5, 5.41) is 3.42. The average molecular weight is 308 g/mol. The zero-order valence-electron chi connectivity index (χ0n) is 10.2. The Morgan fingerprint density at radius 3 is 2.56 bits per heavy atom. The van der Waals surface area contributed by atoms with Gasteiger partial charge in [0.25, 0.3) is 0 Å². The Morgan fingerprint density at radius 2 is 1.89 bits per heavy atom. The first-order valence-corrected chi connectivity index (χ1v) is 6.68. The summed E-state index contributed by atoms with van der Waals surface area (Å²) in [6, 6.07) is 15.2. The second-order valence-corrected chi connectivity index (χ2v) is 5.11. The minimum atomic E-state index is -0.221. The van der Waals surface area contributed by atoms with Gasteiger partial charge >= 0.3 is 0 Å². The number of benzene rings is 2. The highest BCUT2D eigenvalue weighted by Crippen LogP contribution is 2.24. The molecule has 0 heterocycles. The summed E-state index contributed by atoms with van der Waals surface area (Å²) in [7, 11) is 0. The largest absolute Gasteiger partial charge is 0.306 e. The summed E-state index contributed by atoms with van der Waals surface area (Å²) < 4.78 is 13.8. The lowest BCUT2D eigenvalue weighted by atomic mass is 10.1. The number of hydrogen-bond acceptors (Lipinski definition) is 1. The van der Waals surface area contributed by atoms with Gasteiger partial charge in [0, 0.05) is 17.1 Å². The molecule has 94 valence electrons. The minimum absolute atomic E-state index is 0.167. The molecule has 0 aliphatic heterocycles. The van der Waals surface area contributed by atoms with Crippen LogP contribution in [0, 0.1) is 5.82 Å². The van der Waals surface area contributed by atoms with E-state index in [-0.39, 0.29) is 11.9 Å². The summed E-state index contributed by atoms with van der Waals surface area (Å²) in [5.41, 5.74) is 2.30. The van der Waals surface area contributed by atoms with Crippen molar-refractivity contribution in [3.05, 3.63) is 69.9 Å². The van der Waals surface area contributed by atoms with Crippen LogP contribution in [-0.2, 0) is 6.54 Å². The molecule has 0 aliphatic carbocycles. The Hall–Kier alpha value is -1.19. The molecule has 18 heavy (non-hydrogen) atoms. The topological polar surface area (TPSA) is 12.0 Å². The van der Waals surface area contributed by atoms with Crippen LogP contribution in [-0.4, -0.2) is 0 Å². The number of nitrogens with one attached hydrogen (secondary N) is 1. The van der Waals surface area contributed by atoms with Crippen molar-refractivity contribution in [3.63, 3.8) is 0 Å². The average Bonchev–Trinajstić information content (AvgIpc) is 2.37. The fraction of sp³-hybridized carbons (Fsp3) is 0.200. The Bertz CT molecular complexity index is 513. The maximum absolute atomic E-state index is 13.0. The van der Waals surface area contributed by atoms with E-state index in [1.165, 1.54) is 17.7 Å². The van der Waals surface area contributed by atoms with E-state index in [0.717, 1.165) is 16.6 Å². The van der Waals surface area contributed by atoms with Gasteiger partial charge in [-0.15, -0.1) is 0 Å². The number of hydrogen-bond donors (Lipinski definition) is 1. The van der Waals surface area contributed by atoms with E-state index in [2.05, 4.69) is 40.3 Å². The van der Waals surface area contributed by atoms with Crippen molar-refractivity contribution in [2.45, 2.75) is 19.5 Å². The van der Waals surface area contributed by atoms with E-state index in [1.807, 2.05) is 24.3 Å². The van der Waals surface area contributed by atoms with Crippen LogP contribution in [0.15, 0.2) is 53.0 Å². The van der Waals surface area contributed by atoms with Crippen molar-refractivity contribution in [3.8, 4) is 0 Å². The molecule has 2 aromatic rings. The summed E-state index contributed by atoms with van der Waals surface area (Å²) in [4.78, 5) is 0. The third-order valence-corrected chi connectivity index (χ3v) is 3.57. The SMILES string of the molecule is CC(NCc1ccccc1)c1ccc(F)cc1Br. The Kier molecular flexibility index (Phi) is 4.50. The third-order valence-electron chi connectivity index (χ3n) is 2.88. The first kappa shape index (κ1) is 13.2. The second kappa shape index (κ2) is 6.12. The van der Waals surface area contributed by atoms with Crippen LogP contribution in [0.4, 0.5) is 4.39 Å². The molecule has 2 aromatic carbocycles. The molecule has 0 saturated heterocycles. The Labute approximate surface area is 115 Å². The second-order valence-electron chi connectivity index (χ2n) is 4.25. The van der Waals surface area contributed by atoms with Gasteiger partial charge in [0.1, 0.15) is 5.82 Å². The van der Waals surface area contributed by atoms with E-state index in [4.69, 9.17) is 0 Å². The molecule has 0 radical (unpaired) electrons. The molecule has 0 fully saturated rings. The number of halogens is 2. The fourth-order valence-corrected chi connectivity index (χ4v) is 2.52. The van der Waals surface area contributed by atoms with Gasteiger partial charge in [-0.1, -0.05) is 52.3 Å².